The Labute approximate surface area is 125 Å². The van der Waals surface area contributed by atoms with Crippen LogP contribution in [0.4, 0.5) is 4.79 Å². The lowest BCUT2D eigenvalue weighted by atomic mass is 9.63. The number of primary amides is 1. The van der Waals surface area contributed by atoms with Crippen LogP contribution in [0.5, 0.6) is 0 Å². The number of thioether (sulfide) groups is 1. The highest BCUT2D eigenvalue weighted by Gasteiger charge is 2.62. The van der Waals surface area contributed by atoms with E-state index in [4.69, 9.17) is 10.5 Å². The summed E-state index contributed by atoms with van der Waals surface area (Å²) >= 11 is 1.92. The molecule has 3 fully saturated rings. The molecule has 2 heterocycles. The lowest BCUT2D eigenvalue weighted by molar-refractivity contribution is -0.148. The first-order valence-electron chi connectivity index (χ1n) is 7.70. The van der Waals surface area contributed by atoms with E-state index >= 15 is 0 Å². The highest BCUT2D eigenvalue weighted by molar-refractivity contribution is 8.07. The van der Waals surface area contributed by atoms with Crippen LogP contribution >= 0.6 is 11.8 Å². The molecule has 2 aliphatic heterocycles. The lowest BCUT2D eigenvalue weighted by Crippen LogP contribution is -2.68. The molecule has 1 aliphatic carbocycles. The molecule has 4 nitrogen and oxygen atoms in total. The van der Waals surface area contributed by atoms with Crippen LogP contribution in [0.15, 0.2) is 0 Å². The second kappa shape index (κ2) is 4.80. The molecule has 1 saturated carbocycles. The largest absolute Gasteiger partial charge is 0.441 e. The summed E-state index contributed by atoms with van der Waals surface area (Å²) in [4.78, 5) is 14.1. The van der Waals surface area contributed by atoms with Gasteiger partial charge in [-0.25, -0.2) is 4.79 Å². The van der Waals surface area contributed by atoms with Gasteiger partial charge in [0.25, 0.3) is 0 Å². The fourth-order valence-corrected chi connectivity index (χ4v) is 5.54. The first kappa shape index (κ1) is 14.5. The van der Waals surface area contributed by atoms with Gasteiger partial charge in [0.05, 0.1) is 5.25 Å². The normalized spacial score (nSPS) is 43.6. The van der Waals surface area contributed by atoms with Crippen LogP contribution in [0.2, 0.25) is 0 Å². The van der Waals surface area contributed by atoms with Crippen molar-refractivity contribution < 1.29 is 9.53 Å². The first-order valence-corrected chi connectivity index (χ1v) is 8.75. The summed E-state index contributed by atoms with van der Waals surface area (Å²) in [5, 5.41) is 0.452. The van der Waals surface area contributed by atoms with Crippen LogP contribution < -0.4 is 5.73 Å². The third-order valence-electron chi connectivity index (χ3n) is 5.69. The molecule has 0 aromatic heterocycles. The van der Waals surface area contributed by atoms with E-state index in [9.17, 15) is 4.79 Å². The van der Waals surface area contributed by atoms with Crippen molar-refractivity contribution in [1.82, 2.24) is 4.90 Å². The van der Waals surface area contributed by atoms with Crippen molar-refractivity contribution in [1.29, 1.82) is 0 Å². The molecule has 5 heteroatoms. The molecule has 0 radical (unpaired) electrons. The molecule has 2 N–H and O–H groups in total. The Kier molecular flexibility index (Phi) is 3.49. The Morgan fingerprint density at radius 1 is 1.35 bits per heavy atom. The van der Waals surface area contributed by atoms with Crippen LogP contribution in [0.3, 0.4) is 0 Å². The average Bonchev–Trinajstić information content (AvgIpc) is 3.19. The Morgan fingerprint density at radius 2 is 2.00 bits per heavy atom. The molecule has 2 saturated heterocycles. The van der Waals surface area contributed by atoms with Crippen LogP contribution in [0, 0.1) is 5.92 Å². The van der Waals surface area contributed by atoms with Crippen LogP contribution in [-0.4, -0.2) is 46.2 Å². The number of nitrogens with two attached hydrogens (primary N) is 1. The molecule has 2 unspecified atom stereocenters. The SMILES string of the molecule is CN1[C@@H]2CCCC[C@H]2C(OC(N)=O)(C2CS2)CC1(C)C. The number of rotatable bonds is 2. The Balaban J connectivity index is 1.99. The molecular weight excluding hydrogens is 272 g/mol. The quantitative estimate of drug-likeness (QED) is 0.796. The highest BCUT2D eigenvalue weighted by atomic mass is 32.2. The van der Waals surface area contributed by atoms with Crippen molar-refractivity contribution in [3.63, 3.8) is 0 Å². The molecule has 0 aromatic rings. The molecule has 3 aliphatic rings. The number of nitrogens with zero attached hydrogens (tertiary/aromatic N) is 1. The van der Waals surface area contributed by atoms with Crippen molar-refractivity contribution >= 4 is 17.9 Å². The minimum Gasteiger partial charge on any atom is -0.441 e. The molecule has 0 spiro atoms. The van der Waals surface area contributed by atoms with Gasteiger partial charge >= 0.3 is 6.09 Å². The van der Waals surface area contributed by atoms with Gasteiger partial charge in [0.2, 0.25) is 0 Å². The number of amides is 1. The molecule has 20 heavy (non-hydrogen) atoms. The fraction of sp³-hybridized carbons (Fsp3) is 0.933. The maximum absolute atomic E-state index is 11.5. The van der Waals surface area contributed by atoms with Crippen LogP contribution in [-0.2, 0) is 4.74 Å². The second-order valence-electron chi connectivity index (χ2n) is 7.26. The van der Waals surface area contributed by atoms with Crippen molar-refractivity contribution in [2.24, 2.45) is 11.7 Å². The standard InChI is InChI=1S/C15H26N2O2S/c1-14(2)9-15(12-8-20-12,19-13(16)18)10-6-4-5-7-11(10)17(14)3/h10-12H,4-9H2,1-3H3,(H2,16,18)/t10-,11-,12?,15?/m1/s1. The van der Waals surface area contributed by atoms with Gasteiger partial charge < -0.3 is 10.5 Å². The predicted molar refractivity (Wildman–Crippen MR) is 81.9 cm³/mol. The summed E-state index contributed by atoms with van der Waals surface area (Å²) in [7, 11) is 2.23. The summed E-state index contributed by atoms with van der Waals surface area (Å²) in [6.45, 7) is 4.54. The van der Waals surface area contributed by atoms with Gasteiger partial charge in [-0.3, -0.25) is 4.90 Å². The number of carbonyl (C=O) groups excluding carboxylic acids is 1. The van der Waals surface area contributed by atoms with E-state index in [1.54, 1.807) is 0 Å². The summed E-state index contributed by atoms with van der Waals surface area (Å²) in [6.07, 6.45) is 5.21. The maximum atomic E-state index is 11.5. The van der Waals surface area contributed by atoms with Crippen molar-refractivity contribution in [2.75, 3.05) is 12.8 Å². The zero-order valence-electron chi connectivity index (χ0n) is 12.7. The minimum absolute atomic E-state index is 0.0527. The number of likely N-dealkylation sites (tertiary alicyclic amines) is 1. The number of hydrogen-bond donors (Lipinski definition) is 1. The van der Waals surface area contributed by atoms with E-state index < -0.39 is 6.09 Å². The minimum atomic E-state index is -0.595. The number of fused-ring (bicyclic) bond motifs is 1. The zero-order chi connectivity index (χ0) is 14.5. The van der Waals surface area contributed by atoms with E-state index in [1.165, 1.54) is 19.3 Å². The van der Waals surface area contributed by atoms with Crippen LogP contribution in [0.1, 0.15) is 46.0 Å². The fourth-order valence-electron chi connectivity index (χ4n) is 4.57. The number of hydrogen-bond acceptors (Lipinski definition) is 4. The topological polar surface area (TPSA) is 55.6 Å². The van der Waals surface area contributed by atoms with Gasteiger partial charge in [-0.2, -0.15) is 11.8 Å². The second-order valence-corrected chi connectivity index (χ2v) is 8.49. The summed E-state index contributed by atoms with van der Waals surface area (Å²) in [5.74, 6) is 1.55. The predicted octanol–water partition coefficient (Wildman–Crippen LogP) is 2.61. The zero-order valence-corrected chi connectivity index (χ0v) is 13.5. The smallest absolute Gasteiger partial charge is 0.405 e. The first-order chi connectivity index (χ1) is 9.37. The Morgan fingerprint density at radius 3 is 2.60 bits per heavy atom. The van der Waals surface area contributed by atoms with Crippen molar-refractivity contribution in [2.45, 2.75) is 68.4 Å². The number of carbonyl (C=O) groups is 1. The van der Waals surface area contributed by atoms with Gasteiger partial charge in [0, 0.05) is 29.7 Å². The van der Waals surface area contributed by atoms with Crippen LogP contribution in [0.25, 0.3) is 0 Å². The Hall–Kier alpha value is -0.420. The number of ether oxygens (including phenoxy) is 1. The van der Waals surface area contributed by atoms with E-state index in [1.807, 2.05) is 11.8 Å². The third-order valence-corrected chi connectivity index (χ3v) is 6.75. The molecule has 1 amide bonds. The van der Waals surface area contributed by atoms with Gasteiger partial charge in [0.1, 0.15) is 5.60 Å². The average molecular weight is 298 g/mol. The summed E-state index contributed by atoms with van der Waals surface area (Å²) in [5.41, 5.74) is 5.15. The summed E-state index contributed by atoms with van der Waals surface area (Å²) in [6, 6.07) is 0.521. The summed E-state index contributed by atoms with van der Waals surface area (Å²) < 4.78 is 5.85. The van der Waals surface area contributed by atoms with Gasteiger partial charge in [-0.1, -0.05) is 12.8 Å². The van der Waals surface area contributed by atoms with E-state index in [0.717, 1.165) is 18.6 Å². The van der Waals surface area contributed by atoms with E-state index in [2.05, 4.69) is 25.8 Å². The van der Waals surface area contributed by atoms with Gasteiger partial charge in [-0.15, -0.1) is 0 Å². The molecule has 114 valence electrons. The molecule has 0 bridgehead atoms. The third kappa shape index (κ3) is 2.23. The molecule has 0 aromatic carbocycles. The van der Waals surface area contributed by atoms with Gasteiger partial charge in [-0.05, 0) is 33.7 Å². The van der Waals surface area contributed by atoms with Gasteiger partial charge in [0.15, 0.2) is 0 Å². The highest BCUT2D eigenvalue weighted by Crippen LogP contribution is 2.56. The van der Waals surface area contributed by atoms with E-state index in [-0.39, 0.29) is 11.1 Å². The van der Waals surface area contributed by atoms with Crippen molar-refractivity contribution in [3.05, 3.63) is 0 Å². The Bertz CT molecular complexity index is 411. The maximum Gasteiger partial charge on any atom is 0.405 e. The lowest BCUT2D eigenvalue weighted by Gasteiger charge is -2.59. The number of piperidine rings is 1. The van der Waals surface area contributed by atoms with E-state index in [0.29, 0.717) is 17.2 Å². The molecular formula is C15H26N2O2S. The molecule has 4 atom stereocenters. The monoisotopic (exact) mass is 298 g/mol. The molecule has 3 rings (SSSR count). The van der Waals surface area contributed by atoms with Crippen molar-refractivity contribution in [3.8, 4) is 0 Å².